The molecule has 0 aromatic heterocycles. The van der Waals surface area contributed by atoms with E-state index in [1.807, 2.05) is 13.8 Å². The van der Waals surface area contributed by atoms with Crippen molar-refractivity contribution in [1.82, 2.24) is 0 Å². The molecule has 32 heavy (non-hydrogen) atoms. The van der Waals surface area contributed by atoms with Gasteiger partial charge in [0.15, 0.2) is 11.6 Å². The number of Topliss-reactive ketones (excluding diaryl/α,β-unsaturated/α-hetero) is 1. The van der Waals surface area contributed by atoms with Crippen LogP contribution in [0.4, 0.5) is 10.1 Å². The monoisotopic (exact) mass is 464 g/mol. The van der Waals surface area contributed by atoms with E-state index >= 15 is 0 Å². The molecule has 0 fully saturated rings. The average molecular weight is 464 g/mol. The van der Waals surface area contributed by atoms with Crippen molar-refractivity contribution >= 4 is 33.1 Å². The minimum absolute atomic E-state index is 0. The Labute approximate surface area is 209 Å². The molecular formula is C23H22FN2NaO4S. The van der Waals surface area contributed by atoms with Crippen LogP contribution in [0.2, 0.25) is 0 Å². The third-order valence-corrected chi connectivity index (χ3v) is 7.19. The summed E-state index contributed by atoms with van der Waals surface area (Å²) in [6.45, 7) is 3.86. The van der Waals surface area contributed by atoms with Gasteiger partial charge < -0.3 is 10.4 Å². The van der Waals surface area contributed by atoms with E-state index in [0.717, 1.165) is 6.07 Å². The van der Waals surface area contributed by atoms with Crippen molar-refractivity contribution in [2.45, 2.75) is 49.8 Å². The van der Waals surface area contributed by atoms with E-state index in [4.69, 9.17) is 0 Å². The second-order valence-corrected chi connectivity index (χ2v) is 9.41. The van der Waals surface area contributed by atoms with Crippen LogP contribution < -0.4 is 40.0 Å². The summed E-state index contributed by atoms with van der Waals surface area (Å²) in [5, 5.41) is 16.2. The predicted molar refractivity (Wildman–Crippen MR) is 115 cm³/mol. The molecule has 0 saturated heterocycles. The fraction of sp³-hybridized carbons (Fsp3) is 0.304. The van der Waals surface area contributed by atoms with Crippen LogP contribution in [-0.2, 0) is 20.2 Å². The van der Waals surface area contributed by atoms with Crippen LogP contribution in [-0.4, -0.2) is 20.0 Å². The fourth-order valence-corrected chi connectivity index (χ4v) is 5.76. The maximum absolute atomic E-state index is 14.1. The van der Waals surface area contributed by atoms with Gasteiger partial charge in [0.1, 0.15) is 10.7 Å². The molecule has 2 aliphatic rings. The van der Waals surface area contributed by atoms with Gasteiger partial charge in [-0.25, -0.2) is 4.39 Å². The molecule has 2 aromatic rings. The quantitative estimate of drug-likeness (QED) is 0.652. The van der Waals surface area contributed by atoms with Gasteiger partial charge in [0, 0.05) is 0 Å². The zero-order valence-corrected chi connectivity index (χ0v) is 21.1. The number of para-hydroxylation sites is 1. The van der Waals surface area contributed by atoms with Gasteiger partial charge in [0.2, 0.25) is 0 Å². The number of halogens is 1. The number of hydrogen-bond donors (Lipinski definition) is 1. The summed E-state index contributed by atoms with van der Waals surface area (Å²) in [4.78, 5) is 13.8. The minimum Gasteiger partial charge on any atom is -0.871 e. The molecule has 6 nitrogen and oxygen atoms in total. The number of benzene rings is 2. The molecule has 0 saturated carbocycles. The van der Waals surface area contributed by atoms with Crippen LogP contribution in [0.1, 0.15) is 50.7 Å². The van der Waals surface area contributed by atoms with Gasteiger partial charge in [-0.2, -0.15) is 8.42 Å². The third kappa shape index (κ3) is 3.83. The maximum Gasteiger partial charge on any atom is 1.00 e. The number of nitrogens with zero attached hydrogens (tertiary/aromatic N) is 1. The van der Waals surface area contributed by atoms with E-state index in [1.54, 1.807) is 18.2 Å². The number of hydrogen-bond acceptors (Lipinski definition) is 5. The van der Waals surface area contributed by atoms with E-state index in [1.165, 1.54) is 18.2 Å². The molecule has 1 aliphatic carbocycles. The van der Waals surface area contributed by atoms with Crippen molar-refractivity contribution in [3.8, 4) is 0 Å². The van der Waals surface area contributed by atoms with Crippen LogP contribution in [0, 0.1) is 5.82 Å². The number of rotatable bonds is 5. The molecule has 1 heterocycles. The predicted octanol–water partition coefficient (Wildman–Crippen LogP) is 0.535. The number of fused-ring (bicyclic) bond motifs is 2. The van der Waals surface area contributed by atoms with Crippen molar-refractivity contribution in [2.75, 3.05) is 5.32 Å². The molecule has 0 spiro atoms. The molecule has 162 valence electrons. The van der Waals surface area contributed by atoms with E-state index in [-0.39, 0.29) is 57.1 Å². The third-order valence-electron chi connectivity index (χ3n) is 5.85. The maximum atomic E-state index is 14.1. The van der Waals surface area contributed by atoms with Gasteiger partial charge in [0.25, 0.3) is 10.0 Å². The Bertz CT molecular complexity index is 1250. The van der Waals surface area contributed by atoms with E-state index in [2.05, 4.69) is 9.71 Å². The van der Waals surface area contributed by atoms with Gasteiger partial charge in [-0.05, 0) is 48.2 Å². The van der Waals surface area contributed by atoms with Crippen LogP contribution >= 0.6 is 0 Å². The van der Waals surface area contributed by atoms with Crippen LogP contribution in [0.3, 0.4) is 0 Å². The molecule has 0 radical (unpaired) electrons. The molecule has 0 amide bonds. The molecule has 4 rings (SSSR count). The Hall–Kier alpha value is -2.00. The second-order valence-electron chi connectivity index (χ2n) is 7.84. The van der Waals surface area contributed by atoms with E-state index < -0.39 is 32.8 Å². The molecule has 0 atom stereocenters. The number of sulfonamides is 1. The Morgan fingerprint density at radius 2 is 1.75 bits per heavy atom. The van der Waals surface area contributed by atoms with Crippen molar-refractivity contribution in [3.63, 3.8) is 0 Å². The SMILES string of the molecule is CCCC1(CCC)C(=O)C(C2=NS(=O)(=O)c3ccccc3N2)=C([O-])c2cc(F)ccc21.[Na+]. The number of carbonyl (C=O) groups is 1. The summed E-state index contributed by atoms with van der Waals surface area (Å²) < 4.78 is 43.3. The van der Waals surface area contributed by atoms with Crippen LogP contribution in [0.15, 0.2) is 57.3 Å². The Morgan fingerprint density at radius 3 is 2.41 bits per heavy atom. The van der Waals surface area contributed by atoms with Crippen LogP contribution in [0.25, 0.3) is 5.76 Å². The molecule has 9 heteroatoms. The topological polar surface area (TPSA) is 98.7 Å². The molecule has 1 aliphatic heterocycles. The standard InChI is InChI=1S/C23H23FN2O4S.Na/c1-3-11-23(12-4-2)16-10-9-14(24)13-15(16)20(27)19(21(23)28)22-25-17-7-5-6-8-18(17)31(29,30)26-22;/h5-10,13,27H,3-4,11-12H2,1-2H3,(H,25,26);/q;+1/p-1. The summed E-state index contributed by atoms with van der Waals surface area (Å²) in [5.41, 5.74) is -0.561. The van der Waals surface area contributed by atoms with Gasteiger partial charge in [0.05, 0.1) is 16.7 Å². The Morgan fingerprint density at radius 1 is 1.09 bits per heavy atom. The summed E-state index contributed by atoms with van der Waals surface area (Å²) in [7, 11) is -4.11. The second kappa shape index (κ2) is 9.09. The summed E-state index contributed by atoms with van der Waals surface area (Å²) >= 11 is 0. The zero-order valence-electron chi connectivity index (χ0n) is 18.2. The average Bonchev–Trinajstić information content (AvgIpc) is 2.72. The number of ketones is 1. The first-order chi connectivity index (χ1) is 14.7. The Balaban J connectivity index is 0.00000289. The number of carbonyl (C=O) groups excluding carboxylic acids is 1. The first kappa shape index (κ1) is 24.6. The number of anilines is 1. The normalized spacial score (nSPS) is 18.1. The first-order valence-electron chi connectivity index (χ1n) is 10.2. The van der Waals surface area contributed by atoms with Gasteiger partial charge in [-0.15, -0.1) is 4.40 Å². The van der Waals surface area contributed by atoms with Gasteiger partial charge >= 0.3 is 29.6 Å². The minimum atomic E-state index is -4.11. The molecule has 0 bridgehead atoms. The molecule has 0 unspecified atom stereocenters. The molecular weight excluding hydrogens is 442 g/mol. The summed E-state index contributed by atoms with van der Waals surface area (Å²) in [6.07, 6.45) is 2.22. The van der Waals surface area contributed by atoms with Crippen molar-refractivity contribution in [1.29, 1.82) is 0 Å². The largest absolute Gasteiger partial charge is 1.00 e. The number of amidine groups is 1. The zero-order chi connectivity index (χ0) is 22.4. The summed E-state index contributed by atoms with van der Waals surface area (Å²) in [6, 6.07) is 10.0. The van der Waals surface area contributed by atoms with Crippen molar-refractivity contribution < 1.29 is 52.3 Å². The van der Waals surface area contributed by atoms with Gasteiger partial charge in [-0.1, -0.05) is 50.6 Å². The van der Waals surface area contributed by atoms with E-state index in [0.29, 0.717) is 31.2 Å². The van der Waals surface area contributed by atoms with Crippen molar-refractivity contribution in [3.05, 3.63) is 65.0 Å². The smallest absolute Gasteiger partial charge is 0.871 e. The first-order valence-corrected chi connectivity index (χ1v) is 11.7. The fourth-order valence-electron chi connectivity index (χ4n) is 4.63. The van der Waals surface area contributed by atoms with E-state index in [9.17, 15) is 22.7 Å². The molecule has 2 aromatic carbocycles. The van der Waals surface area contributed by atoms with Crippen molar-refractivity contribution in [2.24, 2.45) is 4.40 Å². The summed E-state index contributed by atoms with van der Waals surface area (Å²) in [5.74, 6) is -2.09. The Kier molecular flexibility index (Phi) is 7.00. The van der Waals surface area contributed by atoms with Crippen LogP contribution in [0.5, 0.6) is 0 Å². The molecule has 1 N–H and O–H groups in total. The van der Waals surface area contributed by atoms with Gasteiger partial charge in [-0.3, -0.25) is 4.79 Å². The number of nitrogens with one attached hydrogen (secondary N) is 1.